The highest BCUT2D eigenvalue weighted by molar-refractivity contribution is 6.31. The first-order valence-electron chi connectivity index (χ1n) is 13.5. The minimum Gasteiger partial charge on any atom is -0.309 e. The van der Waals surface area contributed by atoms with Crippen molar-refractivity contribution in [3.05, 3.63) is 120 Å². The second kappa shape index (κ2) is 6.92. The van der Waals surface area contributed by atoms with Crippen LogP contribution < -0.4 is 0 Å². The molecule has 1 spiro atoms. The van der Waals surface area contributed by atoms with Gasteiger partial charge in [0.1, 0.15) is 0 Å². The summed E-state index contributed by atoms with van der Waals surface area (Å²) in [5.74, 6) is 0. The summed E-state index contributed by atoms with van der Waals surface area (Å²) in [7, 11) is 0. The van der Waals surface area contributed by atoms with Gasteiger partial charge in [-0.05, 0) is 72.5 Å². The molecule has 0 amide bonds. The lowest BCUT2D eigenvalue weighted by atomic mass is 9.71. The molecule has 5 aromatic carbocycles. The number of hydrogen-bond acceptors (Lipinski definition) is 0. The summed E-state index contributed by atoms with van der Waals surface area (Å²) >= 11 is 0. The van der Waals surface area contributed by atoms with Crippen LogP contribution in [0.2, 0.25) is 0 Å². The molecule has 2 aliphatic rings. The monoisotopic (exact) mass is 474 g/mol. The van der Waals surface area contributed by atoms with E-state index in [9.17, 15) is 0 Å². The third-order valence-electron chi connectivity index (χ3n) is 9.23. The third-order valence-corrected chi connectivity index (χ3v) is 9.23. The summed E-state index contributed by atoms with van der Waals surface area (Å²) < 4.78 is 4.99. The average molecular weight is 475 g/mol. The fourth-order valence-electron chi connectivity index (χ4n) is 7.87. The summed E-state index contributed by atoms with van der Waals surface area (Å²) in [6, 6.07) is 40.7. The zero-order valence-electron chi connectivity index (χ0n) is 20.6. The fraction of sp³-hybridized carbons (Fsp3) is 0.143. The van der Waals surface area contributed by atoms with Crippen LogP contribution >= 0.6 is 0 Å². The molecule has 2 nitrogen and oxygen atoms in total. The maximum Gasteiger partial charge on any atom is 0.0549 e. The molecule has 2 heterocycles. The van der Waals surface area contributed by atoms with Crippen molar-refractivity contribution in [1.82, 2.24) is 9.13 Å². The number of rotatable bonds is 2. The van der Waals surface area contributed by atoms with Crippen LogP contribution in [0.5, 0.6) is 0 Å². The molecular weight excluding hydrogens is 448 g/mol. The van der Waals surface area contributed by atoms with Crippen molar-refractivity contribution >= 4 is 43.6 Å². The molecule has 9 rings (SSSR count). The fourth-order valence-corrected chi connectivity index (χ4v) is 7.87. The van der Waals surface area contributed by atoms with Crippen molar-refractivity contribution in [3.8, 4) is 11.4 Å². The number of fused-ring (bicyclic) bond motifs is 2. The van der Waals surface area contributed by atoms with Crippen LogP contribution in [0.15, 0.2) is 109 Å². The van der Waals surface area contributed by atoms with Gasteiger partial charge >= 0.3 is 0 Å². The van der Waals surface area contributed by atoms with Crippen molar-refractivity contribution < 1.29 is 0 Å². The molecule has 7 aromatic rings. The second-order valence-electron chi connectivity index (χ2n) is 10.9. The zero-order valence-corrected chi connectivity index (χ0v) is 20.6. The van der Waals surface area contributed by atoms with E-state index in [2.05, 4.69) is 118 Å². The third kappa shape index (κ3) is 2.32. The van der Waals surface area contributed by atoms with E-state index < -0.39 is 0 Å². The Morgan fingerprint density at radius 2 is 0.838 bits per heavy atom. The van der Waals surface area contributed by atoms with Gasteiger partial charge in [-0.15, -0.1) is 0 Å². The summed E-state index contributed by atoms with van der Waals surface area (Å²) in [5.41, 5.74) is 10.8. The van der Waals surface area contributed by atoms with Crippen LogP contribution in [0, 0.1) is 0 Å². The number of hydrogen-bond donors (Lipinski definition) is 0. The molecule has 2 aliphatic carbocycles. The molecule has 37 heavy (non-hydrogen) atoms. The smallest absolute Gasteiger partial charge is 0.0549 e. The molecule has 0 bridgehead atoms. The van der Waals surface area contributed by atoms with E-state index in [-0.39, 0.29) is 5.41 Å². The number of benzene rings is 5. The van der Waals surface area contributed by atoms with E-state index in [0.29, 0.717) is 0 Å². The van der Waals surface area contributed by atoms with Crippen LogP contribution in [0.25, 0.3) is 55.0 Å². The molecule has 0 N–H and O–H groups in total. The minimum atomic E-state index is 0.0592. The van der Waals surface area contributed by atoms with Gasteiger partial charge < -0.3 is 9.13 Å². The van der Waals surface area contributed by atoms with Crippen LogP contribution in [0.4, 0.5) is 0 Å². The van der Waals surface area contributed by atoms with Crippen molar-refractivity contribution in [2.24, 2.45) is 0 Å². The van der Waals surface area contributed by atoms with Crippen LogP contribution in [0.3, 0.4) is 0 Å². The van der Waals surface area contributed by atoms with Gasteiger partial charge in [-0.2, -0.15) is 0 Å². The lowest BCUT2D eigenvalue weighted by Gasteiger charge is -2.31. The second-order valence-corrected chi connectivity index (χ2v) is 10.9. The Bertz CT molecular complexity index is 1870. The van der Waals surface area contributed by atoms with Gasteiger partial charge in [-0.25, -0.2) is 0 Å². The molecule has 0 saturated heterocycles. The van der Waals surface area contributed by atoms with Gasteiger partial charge in [0.05, 0.1) is 22.1 Å². The van der Waals surface area contributed by atoms with E-state index in [1.165, 1.54) is 91.8 Å². The van der Waals surface area contributed by atoms with E-state index in [1.54, 1.807) is 0 Å². The minimum absolute atomic E-state index is 0.0592. The SMILES string of the molecule is c1ccc(-n2c3cccc4c3c3c5c6c(cccc6n(-c6ccccc6)c5ccc32)C42CCCC2)cc1. The van der Waals surface area contributed by atoms with Crippen LogP contribution in [-0.4, -0.2) is 9.13 Å². The molecule has 2 heteroatoms. The first kappa shape index (κ1) is 19.8. The van der Waals surface area contributed by atoms with Gasteiger partial charge in [-0.3, -0.25) is 0 Å². The zero-order chi connectivity index (χ0) is 24.1. The molecule has 1 fully saturated rings. The number of nitrogens with zero attached hydrogens (tertiary/aromatic N) is 2. The summed E-state index contributed by atoms with van der Waals surface area (Å²) in [4.78, 5) is 0. The van der Waals surface area contributed by atoms with E-state index >= 15 is 0 Å². The average Bonchev–Trinajstić information content (AvgIpc) is 3.64. The first-order valence-corrected chi connectivity index (χ1v) is 13.5. The quantitative estimate of drug-likeness (QED) is 0.236. The Kier molecular flexibility index (Phi) is 3.71. The van der Waals surface area contributed by atoms with Gasteiger partial charge in [0.2, 0.25) is 0 Å². The van der Waals surface area contributed by atoms with E-state index in [1.807, 2.05) is 0 Å². The standard InChI is InChI=1S/C35H26N2/c1-3-11-23(12-4-1)36-27-17-9-15-25-31(27)33-29(36)19-20-30-34(33)32-26(35(25)21-7-8-22-35)16-10-18-28(32)37(30)24-13-5-2-6-14-24/h1-6,9-20H,7-8,21-22H2. The van der Waals surface area contributed by atoms with Gasteiger partial charge in [0.25, 0.3) is 0 Å². The summed E-state index contributed by atoms with van der Waals surface area (Å²) in [5, 5.41) is 5.75. The Hall–Kier alpha value is -4.30. The van der Waals surface area contributed by atoms with E-state index in [4.69, 9.17) is 0 Å². The molecule has 0 unspecified atom stereocenters. The summed E-state index contributed by atoms with van der Waals surface area (Å²) in [6.07, 6.45) is 5.01. The lowest BCUT2D eigenvalue weighted by Crippen LogP contribution is -2.24. The van der Waals surface area contributed by atoms with Crippen LogP contribution in [0.1, 0.15) is 36.8 Å². The largest absolute Gasteiger partial charge is 0.309 e. The predicted molar refractivity (Wildman–Crippen MR) is 154 cm³/mol. The normalized spacial score (nSPS) is 15.9. The van der Waals surface area contributed by atoms with Gasteiger partial charge in [0, 0.05) is 38.3 Å². The lowest BCUT2D eigenvalue weighted by molar-refractivity contribution is 0.545. The highest BCUT2D eigenvalue weighted by Crippen LogP contribution is 2.56. The topological polar surface area (TPSA) is 9.86 Å². The van der Waals surface area contributed by atoms with E-state index in [0.717, 1.165) is 0 Å². The molecule has 176 valence electrons. The van der Waals surface area contributed by atoms with Crippen molar-refractivity contribution in [1.29, 1.82) is 0 Å². The van der Waals surface area contributed by atoms with Gasteiger partial charge in [0.15, 0.2) is 0 Å². The van der Waals surface area contributed by atoms with Crippen molar-refractivity contribution in [3.63, 3.8) is 0 Å². The first-order chi connectivity index (χ1) is 18.4. The molecule has 0 radical (unpaired) electrons. The molecule has 0 atom stereocenters. The highest BCUT2D eigenvalue weighted by atomic mass is 15.0. The highest BCUT2D eigenvalue weighted by Gasteiger charge is 2.43. The van der Waals surface area contributed by atoms with Crippen molar-refractivity contribution in [2.45, 2.75) is 31.1 Å². The van der Waals surface area contributed by atoms with Crippen molar-refractivity contribution in [2.75, 3.05) is 0 Å². The Labute approximate surface area is 215 Å². The maximum absolute atomic E-state index is 2.50. The number of aromatic nitrogens is 2. The Morgan fingerprint density at radius 1 is 0.405 bits per heavy atom. The number of para-hydroxylation sites is 2. The maximum atomic E-state index is 2.50. The summed E-state index contributed by atoms with van der Waals surface area (Å²) in [6.45, 7) is 0. The molecular formula is C35H26N2. The molecule has 1 saturated carbocycles. The molecule has 0 aliphatic heterocycles. The molecule has 2 aromatic heterocycles. The Morgan fingerprint density at radius 3 is 1.30 bits per heavy atom. The van der Waals surface area contributed by atoms with Crippen LogP contribution in [-0.2, 0) is 5.41 Å². The Balaban J connectivity index is 1.61. The van der Waals surface area contributed by atoms with Gasteiger partial charge in [-0.1, -0.05) is 73.5 Å². The predicted octanol–water partition coefficient (Wildman–Crippen LogP) is 9.05.